The van der Waals surface area contributed by atoms with E-state index >= 15 is 0 Å². The molecular formula is C22H32N2O3. The summed E-state index contributed by atoms with van der Waals surface area (Å²) in [6.45, 7) is 8.27. The second kappa shape index (κ2) is 8.61. The summed E-state index contributed by atoms with van der Waals surface area (Å²) in [6, 6.07) is 7.64. The number of primary amides is 1. The van der Waals surface area contributed by atoms with Crippen LogP contribution < -0.4 is 5.73 Å². The number of hydrogen-bond acceptors (Lipinski definition) is 3. The number of aryl methyl sites for hydroxylation is 1. The lowest BCUT2D eigenvalue weighted by Crippen LogP contribution is -2.25. The Hall–Kier alpha value is -2.27. The Balaban J connectivity index is 2.66. The molecule has 1 aromatic carbocycles. The highest BCUT2D eigenvalue weighted by atomic mass is 16.3. The molecular weight excluding hydrogens is 340 g/mol. The molecule has 1 heterocycles. The van der Waals surface area contributed by atoms with E-state index in [4.69, 9.17) is 5.73 Å². The van der Waals surface area contributed by atoms with Gasteiger partial charge in [-0.25, -0.2) is 0 Å². The van der Waals surface area contributed by atoms with Gasteiger partial charge in [-0.15, -0.1) is 0 Å². The Labute approximate surface area is 161 Å². The van der Waals surface area contributed by atoms with Gasteiger partial charge in [0, 0.05) is 24.3 Å². The summed E-state index contributed by atoms with van der Waals surface area (Å²) in [6.07, 6.45) is 5.12. The number of nitrogens with zero attached hydrogens (tertiary/aromatic N) is 1. The molecule has 0 saturated carbocycles. The van der Waals surface area contributed by atoms with Crippen molar-refractivity contribution in [2.24, 2.45) is 5.73 Å². The summed E-state index contributed by atoms with van der Waals surface area (Å²) >= 11 is 0. The first-order valence-corrected chi connectivity index (χ1v) is 9.77. The minimum atomic E-state index is -0.458. The SMILES string of the molecule is CCC(CCO)n1cc(C(CC)(CC)c2ccc(O)c(C)c2)cc1C(N)=O. The van der Waals surface area contributed by atoms with Crippen LogP contribution in [0, 0.1) is 6.92 Å². The average Bonchev–Trinajstić information content (AvgIpc) is 3.10. The molecule has 5 nitrogen and oxygen atoms in total. The number of aliphatic hydroxyl groups is 1. The van der Waals surface area contributed by atoms with Crippen molar-refractivity contribution in [1.29, 1.82) is 0 Å². The van der Waals surface area contributed by atoms with Crippen LogP contribution in [0.5, 0.6) is 5.75 Å². The maximum atomic E-state index is 12.1. The molecule has 2 rings (SSSR count). The van der Waals surface area contributed by atoms with E-state index in [1.807, 2.05) is 42.8 Å². The Morgan fingerprint density at radius 2 is 1.85 bits per heavy atom. The number of carbonyl (C=O) groups excluding carboxylic acids is 1. The number of hydrogen-bond donors (Lipinski definition) is 3. The van der Waals surface area contributed by atoms with Crippen molar-refractivity contribution >= 4 is 5.91 Å². The number of carbonyl (C=O) groups is 1. The summed E-state index contributed by atoms with van der Waals surface area (Å²) in [4.78, 5) is 12.1. The van der Waals surface area contributed by atoms with E-state index in [1.54, 1.807) is 6.07 Å². The van der Waals surface area contributed by atoms with Gasteiger partial charge in [0.15, 0.2) is 0 Å². The molecule has 0 fully saturated rings. The summed E-state index contributed by atoms with van der Waals surface area (Å²) in [5.74, 6) is -0.176. The minimum absolute atomic E-state index is 0.0271. The largest absolute Gasteiger partial charge is 0.508 e. The van der Waals surface area contributed by atoms with Crippen LogP contribution in [0.15, 0.2) is 30.5 Å². The highest BCUT2D eigenvalue weighted by Gasteiger charge is 2.34. The molecule has 0 radical (unpaired) electrons. The highest BCUT2D eigenvalue weighted by molar-refractivity contribution is 5.91. The van der Waals surface area contributed by atoms with Crippen LogP contribution in [0.1, 0.15) is 79.7 Å². The number of aliphatic hydroxyl groups excluding tert-OH is 1. The summed E-state index contributed by atoms with van der Waals surface area (Å²) in [7, 11) is 0. The Morgan fingerprint density at radius 1 is 1.19 bits per heavy atom. The van der Waals surface area contributed by atoms with E-state index in [0.717, 1.165) is 36.0 Å². The molecule has 0 bridgehead atoms. The van der Waals surface area contributed by atoms with Crippen LogP contribution in [0.3, 0.4) is 0 Å². The van der Waals surface area contributed by atoms with Crippen LogP contribution in [0.2, 0.25) is 0 Å². The summed E-state index contributed by atoms with van der Waals surface area (Å²) < 4.78 is 1.93. The molecule has 1 amide bonds. The van der Waals surface area contributed by atoms with Gasteiger partial charge in [0.1, 0.15) is 11.4 Å². The van der Waals surface area contributed by atoms with Crippen molar-refractivity contribution in [2.75, 3.05) is 6.61 Å². The molecule has 27 heavy (non-hydrogen) atoms. The topological polar surface area (TPSA) is 88.5 Å². The molecule has 0 aliphatic heterocycles. The average molecular weight is 373 g/mol. The molecule has 1 unspecified atom stereocenters. The fraction of sp³-hybridized carbons (Fsp3) is 0.500. The molecule has 0 aliphatic rings. The predicted octanol–water partition coefficient (Wildman–Crippen LogP) is 4.04. The van der Waals surface area contributed by atoms with Crippen molar-refractivity contribution in [3.05, 3.63) is 52.8 Å². The van der Waals surface area contributed by atoms with Gasteiger partial charge in [-0.1, -0.05) is 32.9 Å². The molecule has 4 N–H and O–H groups in total. The number of phenols is 1. The van der Waals surface area contributed by atoms with E-state index < -0.39 is 5.91 Å². The van der Waals surface area contributed by atoms with Crippen molar-refractivity contribution in [1.82, 2.24) is 4.57 Å². The Bertz CT molecular complexity index is 791. The van der Waals surface area contributed by atoms with E-state index in [1.165, 1.54) is 0 Å². The lowest BCUT2D eigenvalue weighted by molar-refractivity contribution is 0.0987. The second-order valence-corrected chi connectivity index (χ2v) is 7.25. The van der Waals surface area contributed by atoms with Crippen LogP contribution in [0.4, 0.5) is 0 Å². The summed E-state index contributed by atoms with van der Waals surface area (Å²) in [5.41, 5.74) is 8.87. The monoisotopic (exact) mass is 372 g/mol. The molecule has 1 atom stereocenters. The number of phenolic OH excluding ortho intramolecular Hbond substituents is 1. The van der Waals surface area contributed by atoms with Crippen LogP contribution in [-0.2, 0) is 5.41 Å². The van der Waals surface area contributed by atoms with Gasteiger partial charge in [0.25, 0.3) is 5.91 Å². The first-order valence-electron chi connectivity index (χ1n) is 9.77. The van der Waals surface area contributed by atoms with Gasteiger partial charge in [-0.3, -0.25) is 4.79 Å². The molecule has 148 valence electrons. The van der Waals surface area contributed by atoms with Crippen LogP contribution in [0.25, 0.3) is 0 Å². The summed E-state index contributed by atoms with van der Waals surface area (Å²) in [5, 5.41) is 19.3. The third-order valence-electron chi connectivity index (χ3n) is 5.94. The molecule has 0 saturated heterocycles. The van der Waals surface area contributed by atoms with Crippen LogP contribution in [-0.4, -0.2) is 27.3 Å². The zero-order chi connectivity index (χ0) is 20.2. The fourth-order valence-corrected chi connectivity index (χ4v) is 4.12. The normalized spacial score (nSPS) is 12.9. The third-order valence-corrected chi connectivity index (χ3v) is 5.94. The molecule has 0 spiro atoms. The fourth-order valence-electron chi connectivity index (χ4n) is 4.12. The van der Waals surface area contributed by atoms with E-state index in [-0.39, 0.29) is 23.8 Å². The first kappa shape index (κ1) is 21.0. The first-order chi connectivity index (χ1) is 12.8. The Morgan fingerprint density at radius 3 is 2.33 bits per heavy atom. The predicted molar refractivity (Wildman–Crippen MR) is 108 cm³/mol. The molecule has 0 aliphatic carbocycles. The van der Waals surface area contributed by atoms with Gasteiger partial charge < -0.3 is 20.5 Å². The van der Waals surface area contributed by atoms with E-state index in [2.05, 4.69) is 13.8 Å². The minimum Gasteiger partial charge on any atom is -0.508 e. The number of nitrogens with two attached hydrogens (primary N) is 1. The Kier molecular flexibility index (Phi) is 6.71. The van der Waals surface area contributed by atoms with E-state index in [9.17, 15) is 15.0 Å². The van der Waals surface area contributed by atoms with Gasteiger partial charge in [-0.05, 0) is 61.4 Å². The van der Waals surface area contributed by atoms with Crippen molar-refractivity contribution < 1.29 is 15.0 Å². The zero-order valence-electron chi connectivity index (χ0n) is 16.8. The quantitative estimate of drug-likeness (QED) is 0.621. The number of aromatic nitrogens is 1. The molecule has 5 heteroatoms. The maximum absolute atomic E-state index is 12.1. The van der Waals surface area contributed by atoms with Crippen molar-refractivity contribution in [3.8, 4) is 5.75 Å². The van der Waals surface area contributed by atoms with Gasteiger partial charge in [-0.2, -0.15) is 0 Å². The highest BCUT2D eigenvalue weighted by Crippen LogP contribution is 2.41. The van der Waals surface area contributed by atoms with Crippen molar-refractivity contribution in [2.45, 2.75) is 64.8 Å². The second-order valence-electron chi connectivity index (χ2n) is 7.25. The molecule has 1 aromatic heterocycles. The number of rotatable bonds is 9. The smallest absolute Gasteiger partial charge is 0.265 e. The van der Waals surface area contributed by atoms with Gasteiger partial charge >= 0.3 is 0 Å². The number of amides is 1. The van der Waals surface area contributed by atoms with E-state index in [0.29, 0.717) is 12.1 Å². The lowest BCUT2D eigenvalue weighted by atomic mass is 9.71. The third kappa shape index (κ3) is 3.88. The van der Waals surface area contributed by atoms with Gasteiger partial charge in [0.05, 0.1) is 0 Å². The number of benzene rings is 1. The van der Waals surface area contributed by atoms with Gasteiger partial charge in [0.2, 0.25) is 0 Å². The molecule has 2 aromatic rings. The lowest BCUT2D eigenvalue weighted by Gasteiger charge is -2.32. The number of aromatic hydroxyl groups is 1. The maximum Gasteiger partial charge on any atom is 0.265 e. The standard InChI is InChI=1S/C22H32N2O3/c1-5-18(10-11-25)24-14-17(13-19(24)21(23)27)22(6-2,7-3)16-8-9-20(26)15(4)12-16/h8-9,12-14,18,25-26H,5-7,10-11H2,1-4H3,(H2,23,27). The zero-order valence-corrected chi connectivity index (χ0v) is 16.8. The van der Waals surface area contributed by atoms with Crippen LogP contribution >= 0.6 is 0 Å². The van der Waals surface area contributed by atoms with Crippen molar-refractivity contribution in [3.63, 3.8) is 0 Å².